The molecule has 0 spiro atoms. The minimum absolute atomic E-state index is 0.00365. The number of carbonyl (C=O) groups is 1. The molecule has 0 atom stereocenters. The summed E-state index contributed by atoms with van der Waals surface area (Å²) in [6.45, 7) is 14.1. The summed E-state index contributed by atoms with van der Waals surface area (Å²) in [6.07, 6.45) is 0. The van der Waals surface area contributed by atoms with E-state index < -0.39 is 0 Å². The number of fused-ring (bicyclic) bond motifs is 1. The number of thiazole rings is 1. The minimum atomic E-state index is 0.00365. The molecular weight excluding hydrogens is 404 g/mol. The molecule has 1 aliphatic heterocycles. The summed E-state index contributed by atoms with van der Waals surface area (Å²) in [4.78, 5) is 22.1. The fourth-order valence-corrected chi connectivity index (χ4v) is 5.02. The Morgan fingerprint density at radius 3 is 2.42 bits per heavy atom. The van der Waals surface area contributed by atoms with Crippen molar-refractivity contribution in [3.05, 3.63) is 59.2 Å². The highest BCUT2D eigenvalue weighted by molar-refractivity contribution is 7.22. The fourth-order valence-electron chi connectivity index (χ4n) is 3.92. The van der Waals surface area contributed by atoms with Gasteiger partial charge in [-0.15, -0.1) is 0 Å². The fraction of sp³-hybridized carbons (Fsp3) is 0.440. The van der Waals surface area contributed by atoms with E-state index in [1.165, 1.54) is 15.8 Å². The zero-order valence-electron chi connectivity index (χ0n) is 18.9. The molecule has 31 heavy (non-hydrogen) atoms. The maximum atomic E-state index is 12.5. The third kappa shape index (κ3) is 5.08. The van der Waals surface area contributed by atoms with Crippen LogP contribution in [0.3, 0.4) is 0 Å². The first kappa shape index (κ1) is 21.8. The Morgan fingerprint density at radius 1 is 1.06 bits per heavy atom. The van der Waals surface area contributed by atoms with Crippen molar-refractivity contribution >= 4 is 32.6 Å². The molecule has 2 aromatic carbocycles. The van der Waals surface area contributed by atoms with Gasteiger partial charge in [-0.05, 0) is 41.7 Å². The number of carbonyl (C=O) groups excluding carboxylic acids is 1. The van der Waals surface area contributed by atoms with Crippen molar-refractivity contribution in [2.45, 2.75) is 33.1 Å². The zero-order chi connectivity index (χ0) is 22.0. The third-order valence-electron chi connectivity index (χ3n) is 5.98. The van der Waals surface area contributed by atoms with Crippen LogP contribution >= 0.6 is 11.3 Å². The SMILES string of the molecule is Cc1cccc2sc(N3CCN(CCNC(=O)c4ccc(C(C)(C)C)cc4)CC3)nc12. The molecule has 0 aliphatic carbocycles. The summed E-state index contributed by atoms with van der Waals surface area (Å²) in [7, 11) is 0. The average molecular weight is 437 g/mol. The quantitative estimate of drug-likeness (QED) is 0.642. The standard InChI is InChI=1S/C25H32N4OS/c1-18-6-5-7-21-22(18)27-24(31-21)29-16-14-28(15-17-29)13-12-26-23(30)19-8-10-20(11-9-19)25(2,3)4/h5-11H,12-17H2,1-4H3,(H,26,30). The molecule has 164 valence electrons. The van der Waals surface area contributed by atoms with Gasteiger partial charge in [-0.2, -0.15) is 0 Å². The van der Waals surface area contributed by atoms with Crippen LogP contribution in [-0.4, -0.2) is 55.1 Å². The summed E-state index contributed by atoms with van der Waals surface area (Å²) in [6, 6.07) is 14.3. The predicted octanol–water partition coefficient (Wildman–Crippen LogP) is 4.45. The number of amides is 1. The third-order valence-corrected chi connectivity index (χ3v) is 7.06. The van der Waals surface area contributed by atoms with Crippen LogP contribution in [0, 0.1) is 6.92 Å². The molecule has 4 rings (SSSR count). The number of benzene rings is 2. The lowest BCUT2D eigenvalue weighted by molar-refractivity contribution is 0.0947. The van der Waals surface area contributed by atoms with E-state index in [-0.39, 0.29) is 11.3 Å². The Balaban J connectivity index is 1.24. The molecule has 0 bridgehead atoms. The number of aromatic nitrogens is 1. The van der Waals surface area contributed by atoms with Crippen LogP contribution in [0.5, 0.6) is 0 Å². The Labute approximate surface area is 189 Å². The van der Waals surface area contributed by atoms with Gasteiger partial charge in [0.1, 0.15) is 0 Å². The lowest BCUT2D eigenvalue weighted by atomic mass is 9.87. The van der Waals surface area contributed by atoms with Gasteiger partial charge >= 0.3 is 0 Å². The molecule has 5 nitrogen and oxygen atoms in total. The largest absolute Gasteiger partial charge is 0.351 e. The van der Waals surface area contributed by atoms with Crippen LogP contribution in [0.25, 0.3) is 10.2 Å². The van der Waals surface area contributed by atoms with Gasteiger partial charge in [-0.25, -0.2) is 4.98 Å². The first-order valence-corrected chi connectivity index (χ1v) is 11.8. The Bertz CT molecular complexity index is 1040. The second-order valence-electron chi connectivity index (χ2n) is 9.33. The van der Waals surface area contributed by atoms with Crippen molar-refractivity contribution in [2.24, 2.45) is 0 Å². The Kier molecular flexibility index (Phi) is 6.30. The summed E-state index contributed by atoms with van der Waals surface area (Å²) in [5.74, 6) is 0.00365. The molecule has 1 aliphatic rings. The van der Waals surface area contributed by atoms with E-state index in [0.717, 1.165) is 48.9 Å². The first-order valence-electron chi connectivity index (χ1n) is 11.0. The second-order valence-corrected chi connectivity index (χ2v) is 10.3. The summed E-state index contributed by atoms with van der Waals surface area (Å²) in [5.41, 5.74) is 4.43. The van der Waals surface area contributed by atoms with E-state index in [0.29, 0.717) is 6.54 Å². The number of para-hydroxylation sites is 1. The number of hydrogen-bond donors (Lipinski definition) is 1. The van der Waals surface area contributed by atoms with Gasteiger partial charge < -0.3 is 10.2 Å². The van der Waals surface area contributed by atoms with E-state index in [1.807, 2.05) is 12.1 Å². The number of hydrogen-bond acceptors (Lipinski definition) is 5. The molecule has 1 N–H and O–H groups in total. The highest BCUT2D eigenvalue weighted by atomic mass is 32.1. The number of nitrogens with one attached hydrogen (secondary N) is 1. The van der Waals surface area contributed by atoms with Gasteiger partial charge in [0, 0.05) is 44.8 Å². The van der Waals surface area contributed by atoms with E-state index in [4.69, 9.17) is 4.98 Å². The van der Waals surface area contributed by atoms with Gasteiger partial charge in [-0.1, -0.05) is 56.4 Å². The molecule has 1 fully saturated rings. The van der Waals surface area contributed by atoms with Crippen molar-refractivity contribution in [2.75, 3.05) is 44.2 Å². The summed E-state index contributed by atoms with van der Waals surface area (Å²) in [5, 5.41) is 4.19. The lowest BCUT2D eigenvalue weighted by Gasteiger charge is -2.34. The smallest absolute Gasteiger partial charge is 0.251 e. The lowest BCUT2D eigenvalue weighted by Crippen LogP contribution is -2.48. The van der Waals surface area contributed by atoms with Gasteiger partial charge in [0.05, 0.1) is 10.2 Å². The monoisotopic (exact) mass is 436 g/mol. The van der Waals surface area contributed by atoms with Crippen LogP contribution in [-0.2, 0) is 5.41 Å². The van der Waals surface area contributed by atoms with E-state index in [2.05, 4.69) is 73.1 Å². The number of rotatable bonds is 5. The van der Waals surface area contributed by atoms with Crippen molar-refractivity contribution in [3.8, 4) is 0 Å². The molecule has 0 unspecified atom stereocenters. The van der Waals surface area contributed by atoms with Gasteiger partial charge in [0.15, 0.2) is 5.13 Å². The molecule has 1 aromatic heterocycles. The van der Waals surface area contributed by atoms with Crippen LogP contribution in [0.4, 0.5) is 5.13 Å². The number of piperazine rings is 1. The van der Waals surface area contributed by atoms with Crippen molar-refractivity contribution in [3.63, 3.8) is 0 Å². The Hall–Kier alpha value is -2.44. The van der Waals surface area contributed by atoms with Gasteiger partial charge in [-0.3, -0.25) is 9.69 Å². The number of anilines is 1. The van der Waals surface area contributed by atoms with Crippen molar-refractivity contribution in [1.29, 1.82) is 0 Å². The first-order chi connectivity index (χ1) is 14.8. The van der Waals surface area contributed by atoms with Crippen LogP contribution in [0.15, 0.2) is 42.5 Å². The predicted molar refractivity (Wildman–Crippen MR) is 130 cm³/mol. The van der Waals surface area contributed by atoms with Crippen LogP contribution in [0.2, 0.25) is 0 Å². The molecule has 3 aromatic rings. The van der Waals surface area contributed by atoms with Crippen LogP contribution in [0.1, 0.15) is 42.3 Å². The summed E-state index contributed by atoms with van der Waals surface area (Å²) >= 11 is 1.78. The summed E-state index contributed by atoms with van der Waals surface area (Å²) < 4.78 is 1.26. The minimum Gasteiger partial charge on any atom is -0.351 e. The molecule has 0 saturated carbocycles. The molecule has 2 heterocycles. The van der Waals surface area contributed by atoms with E-state index in [1.54, 1.807) is 11.3 Å². The maximum Gasteiger partial charge on any atom is 0.251 e. The molecule has 1 amide bonds. The van der Waals surface area contributed by atoms with Crippen molar-refractivity contribution in [1.82, 2.24) is 15.2 Å². The molecule has 1 saturated heterocycles. The molecular formula is C25H32N4OS. The van der Waals surface area contributed by atoms with Gasteiger partial charge in [0.2, 0.25) is 0 Å². The number of aryl methyl sites for hydroxylation is 1. The zero-order valence-corrected chi connectivity index (χ0v) is 19.8. The van der Waals surface area contributed by atoms with Gasteiger partial charge in [0.25, 0.3) is 5.91 Å². The highest BCUT2D eigenvalue weighted by Crippen LogP contribution is 2.31. The van der Waals surface area contributed by atoms with Crippen LogP contribution < -0.4 is 10.2 Å². The second kappa shape index (κ2) is 8.97. The Morgan fingerprint density at radius 2 is 1.77 bits per heavy atom. The van der Waals surface area contributed by atoms with E-state index >= 15 is 0 Å². The maximum absolute atomic E-state index is 12.5. The highest BCUT2D eigenvalue weighted by Gasteiger charge is 2.20. The molecule has 6 heteroatoms. The number of nitrogens with zero attached hydrogens (tertiary/aromatic N) is 3. The topological polar surface area (TPSA) is 48.5 Å². The average Bonchev–Trinajstić information content (AvgIpc) is 3.19. The van der Waals surface area contributed by atoms with Crippen molar-refractivity contribution < 1.29 is 4.79 Å². The normalized spacial score (nSPS) is 15.4. The molecule has 0 radical (unpaired) electrons. The van der Waals surface area contributed by atoms with E-state index in [9.17, 15) is 4.79 Å².